The minimum atomic E-state index is 0.143. The Morgan fingerprint density at radius 1 is 1.31 bits per heavy atom. The summed E-state index contributed by atoms with van der Waals surface area (Å²) < 4.78 is 2.25. The maximum atomic E-state index is 9.15. The van der Waals surface area contributed by atoms with Gasteiger partial charge in [-0.25, -0.2) is 0 Å². The Hall–Kier alpha value is -0.760. The van der Waals surface area contributed by atoms with Crippen molar-refractivity contribution in [3.63, 3.8) is 0 Å². The minimum Gasteiger partial charge on any atom is -0.390 e. The molecule has 0 aliphatic heterocycles. The number of nitrogens with zero attached hydrogens (tertiary/aromatic N) is 1. The summed E-state index contributed by atoms with van der Waals surface area (Å²) in [4.78, 5) is 0. The highest BCUT2D eigenvalue weighted by atomic mass is 16.3. The number of aryl methyl sites for hydroxylation is 1. The summed E-state index contributed by atoms with van der Waals surface area (Å²) in [6, 6.07) is 4.62. The highest BCUT2D eigenvalue weighted by molar-refractivity contribution is 5.17. The predicted octanol–water partition coefficient (Wildman–Crippen LogP) is 2.51. The van der Waals surface area contributed by atoms with Crippen molar-refractivity contribution in [3.05, 3.63) is 23.5 Å². The van der Waals surface area contributed by atoms with Gasteiger partial charge in [-0.3, -0.25) is 0 Å². The molecule has 0 bridgehead atoms. The number of hydrogen-bond acceptors (Lipinski definition) is 1. The van der Waals surface area contributed by atoms with Gasteiger partial charge >= 0.3 is 0 Å². The summed E-state index contributed by atoms with van der Waals surface area (Å²) in [6.07, 6.45) is 2.14. The summed E-state index contributed by atoms with van der Waals surface area (Å²) in [5.41, 5.74) is 2.35. The van der Waals surface area contributed by atoms with Crippen LogP contribution in [0.2, 0.25) is 0 Å². The molecule has 2 nitrogen and oxygen atoms in total. The van der Waals surface area contributed by atoms with Crippen LogP contribution >= 0.6 is 0 Å². The average molecular weight is 181 g/mol. The molecule has 0 aromatic carbocycles. The highest BCUT2D eigenvalue weighted by Crippen LogP contribution is 2.19. The topological polar surface area (TPSA) is 25.2 Å². The van der Waals surface area contributed by atoms with E-state index < -0.39 is 0 Å². The third kappa shape index (κ3) is 1.94. The van der Waals surface area contributed by atoms with Gasteiger partial charge in [0.2, 0.25) is 0 Å². The minimum absolute atomic E-state index is 0.143. The van der Waals surface area contributed by atoms with Gasteiger partial charge in [0.1, 0.15) is 0 Å². The van der Waals surface area contributed by atoms with Crippen LogP contribution in [-0.2, 0) is 13.0 Å². The van der Waals surface area contributed by atoms with Crippen molar-refractivity contribution in [2.75, 3.05) is 0 Å². The fourth-order valence-electron chi connectivity index (χ4n) is 1.70. The maximum absolute atomic E-state index is 9.15. The van der Waals surface area contributed by atoms with E-state index in [1.807, 2.05) is 6.07 Å². The lowest BCUT2D eigenvalue weighted by molar-refractivity contribution is 0.265. The van der Waals surface area contributed by atoms with Gasteiger partial charge in [-0.2, -0.15) is 0 Å². The molecule has 13 heavy (non-hydrogen) atoms. The van der Waals surface area contributed by atoms with Crippen molar-refractivity contribution in [2.45, 2.75) is 46.3 Å². The Morgan fingerprint density at radius 2 is 1.92 bits per heavy atom. The monoisotopic (exact) mass is 181 g/mol. The third-order valence-electron chi connectivity index (χ3n) is 2.64. The first-order valence-corrected chi connectivity index (χ1v) is 5.04. The summed E-state index contributed by atoms with van der Waals surface area (Å²) in [6.45, 7) is 6.66. The van der Waals surface area contributed by atoms with E-state index in [1.165, 1.54) is 5.69 Å². The van der Waals surface area contributed by atoms with Crippen molar-refractivity contribution in [3.8, 4) is 0 Å². The van der Waals surface area contributed by atoms with Gasteiger partial charge in [-0.15, -0.1) is 0 Å². The quantitative estimate of drug-likeness (QED) is 0.758. The highest BCUT2D eigenvalue weighted by Gasteiger charge is 2.10. The third-order valence-corrected chi connectivity index (χ3v) is 2.64. The van der Waals surface area contributed by atoms with Gasteiger partial charge in [-0.05, 0) is 31.9 Å². The second-order valence-electron chi connectivity index (χ2n) is 3.45. The molecule has 0 saturated carbocycles. The Kier molecular flexibility index (Phi) is 3.55. The van der Waals surface area contributed by atoms with Crippen molar-refractivity contribution >= 4 is 0 Å². The van der Waals surface area contributed by atoms with E-state index in [0.29, 0.717) is 6.04 Å². The van der Waals surface area contributed by atoms with Crippen LogP contribution in [-0.4, -0.2) is 9.67 Å². The molecule has 0 aliphatic rings. The molecule has 0 radical (unpaired) electrons. The van der Waals surface area contributed by atoms with Crippen molar-refractivity contribution in [1.82, 2.24) is 4.57 Å². The van der Waals surface area contributed by atoms with Crippen LogP contribution in [0.5, 0.6) is 0 Å². The molecule has 1 aromatic rings. The van der Waals surface area contributed by atoms with Crippen LogP contribution in [0, 0.1) is 0 Å². The first kappa shape index (κ1) is 10.3. The lowest BCUT2D eigenvalue weighted by Gasteiger charge is -2.18. The molecule has 0 saturated heterocycles. The van der Waals surface area contributed by atoms with E-state index in [-0.39, 0.29) is 6.61 Å². The summed E-state index contributed by atoms with van der Waals surface area (Å²) in [5, 5.41) is 9.15. The molecule has 1 atom stereocenters. The van der Waals surface area contributed by atoms with E-state index >= 15 is 0 Å². The van der Waals surface area contributed by atoms with E-state index in [9.17, 15) is 0 Å². The van der Waals surface area contributed by atoms with Crippen LogP contribution in [0.15, 0.2) is 12.1 Å². The van der Waals surface area contributed by atoms with E-state index in [4.69, 9.17) is 5.11 Å². The van der Waals surface area contributed by atoms with Crippen LogP contribution in [0.4, 0.5) is 0 Å². The molecule has 2 heteroatoms. The SMILES string of the molecule is CCc1ccc(CO)n1[C@H](C)CC. The molecular weight excluding hydrogens is 162 g/mol. The fraction of sp³-hybridized carbons (Fsp3) is 0.636. The Labute approximate surface area is 80.2 Å². The zero-order chi connectivity index (χ0) is 9.84. The Balaban J connectivity index is 3.04. The molecule has 0 spiro atoms. The van der Waals surface area contributed by atoms with Crippen molar-refractivity contribution in [1.29, 1.82) is 0 Å². The molecule has 1 heterocycles. The van der Waals surface area contributed by atoms with Gasteiger partial charge in [0, 0.05) is 17.4 Å². The largest absolute Gasteiger partial charge is 0.390 e. The van der Waals surface area contributed by atoms with Gasteiger partial charge < -0.3 is 9.67 Å². The molecule has 74 valence electrons. The number of aromatic nitrogens is 1. The maximum Gasteiger partial charge on any atom is 0.0833 e. The number of hydrogen-bond donors (Lipinski definition) is 1. The number of aliphatic hydroxyl groups is 1. The molecule has 0 aliphatic carbocycles. The summed E-state index contributed by atoms with van der Waals surface area (Å²) >= 11 is 0. The zero-order valence-corrected chi connectivity index (χ0v) is 8.75. The lowest BCUT2D eigenvalue weighted by Crippen LogP contribution is -2.10. The Morgan fingerprint density at radius 3 is 2.38 bits per heavy atom. The average Bonchev–Trinajstić information content (AvgIpc) is 2.59. The first-order chi connectivity index (χ1) is 6.24. The smallest absolute Gasteiger partial charge is 0.0833 e. The van der Waals surface area contributed by atoms with Gasteiger partial charge in [0.05, 0.1) is 6.61 Å². The molecule has 0 fully saturated rings. The standard InChI is InChI=1S/C11H19NO/c1-4-9(3)12-10(5-2)6-7-11(12)8-13/h6-7,9,13H,4-5,8H2,1-3H3/t9-/m1/s1. The first-order valence-electron chi connectivity index (χ1n) is 5.04. The van der Waals surface area contributed by atoms with Crippen LogP contribution in [0.25, 0.3) is 0 Å². The van der Waals surface area contributed by atoms with Crippen molar-refractivity contribution in [2.24, 2.45) is 0 Å². The second-order valence-corrected chi connectivity index (χ2v) is 3.45. The van der Waals surface area contributed by atoms with E-state index in [1.54, 1.807) is 0 Å². The molecule has 1 N–H and O–H groups in total. The number of aliphatic hydroxyl groups excluding tert-OH is 1. The van der Waals surface area contributed by atoms with E-state index in [2.05, 4.69) is 31.4 Å². The van der Waals surface area contributed by atoms with E-state index in [0.717, 1.165) is 18.5 Å². The molecular formula is C11H19NO. The molecule has 0 amide bonds. The van der Waals surface area contributed by atoms with Crippen LogP contribution in [0.3, 0.4) is 0 Å². The Bertz CT molecular complexity index is 244. The molecule has 1 aromatic heterocycles. The predicted molar refractivity (Wildman–Crippen MR) is 54.7 cm³/mol. The van der Waals surface area contributed by atoms with Crippen molar-refractivity contribution < 1.29 is 5.11 Å². The molecule has 1 rings (SSSR count). The summed E-state index contributed by atoms with van der Waals surface area (Å²) in [5.74, 6) is 0. The van der Waals surface area contributed by atoms with Gasteiger partial charge in [0.15, 0.2) is 0 Å². The second kappa shape index (κ2) is 4.47. The van der Waals surface area contributed by atoms with Crippen LogP contribution < -0.4 is 0 Å². The molecule has 0 unspecified atom stereocenters. The summed E-state index contributed by atoms with van der Waals surface area (Å²) in [7, 11) is 0. The van der Waals surface area contributed by atoms with Gasteiger partial charge in [-0.1, -0.05) is 13.8 Å². The zero-order valence-electron chi connectivity index (χ0n) is 8.75. The fourth-order valence-corrected chi connectivity index (χ4v) is 1.70. The van der Waals surface area contributed by atoms with Gasteiger partial charge in [0.25, 0.3) is 0 Å². The van der Waals surface area contributed by atoms with Crippen LogP contribution in [0.1, 0.15) is 44.6 Å². The number of rotatable bonds is 4. The normalized spacial score (nSPS) is 13.2. The lowest BCUT2D eigenvalue weighted by atomic mass is 10.2.